The van der Waals surface area contributed by atoms with Gasteiger partial charge in [0, 0.05) is 18.0 Å². The molecule has 0 bridgehead atoms. The fourth-order valence-corrected chi connectivity index (χ4v) is 2.36. The summed E-state index contributed by atoms with van der Waals surface area (Å²) in [6.07, 6.45) is 7.16. The van der Waals surface area contributed by atoms with Crippen LogP contribution >= 0.6 is 11.8 Å². The van der Waals surface area contributed by atoms with Crippen LogP contribution in [0.4, 0.5) is 0 Å². The Bertz CT molecular complexity index is 344. The number of rotatable bonds is 8. The Morgan fingerprint density at radius 1 is 1.39 bits per heavy atom. The first kappa shape index (κ1) is 15.3. The van der Waals surface area contributed by atoms with Crippen molar-refractivity contribution in [2.45, 2.75) is 39.3 Å². The van der Waals surface area contributed by atoms with Gasteiger partial charge in [-0.2, -0.15) is 11.8 Å². The molecule has 1 heterocycles. The molecule has 4 heteroatoms. The first-order chi connectivity index (χ1) is 8.67. The van der Waals surface area contributed by atoms with Gasteiger partial charge in [-0.05, 0) is 44.7 Å². The van der Waals surface area contributed by atoms with E-state index in [1.807, 2.05) is 31.8 Å². The van der Waals surface area contributed by atoms with Crippen LogP contribution in [0.3, 0.4) is 0 Å². The first-order valence-electron chi connectivity index (χ1n) is 6.51. The lowest BCUT2D eigenvalue weighted by molar-refractivity contribution is 0.241. The van der Waals surface area contributed by atoms with E-state index in [4.69, 9.17) is 4.74 Å². The van der Waals surface area contributed by atoms with E-state index >= 15 is 0 Å². The van der Waals surface area contributed by atoms with Crippen LogP contribution in [0, 0.1) is 0 Å². The lowest BCUT2D eigenvalue weighted by atomic mass is 10.1. The third-order valence-corrected chi connectivity index (χ3v) is 3.15. The summed E-state index contributed by atoms with van der Waals surface area (Å²) in [5.41, 5.74) is 1.20. The average Bonchev–Trinajstić information content (AvgIpc) is 2.34. The molecule has 0 spiro atoms. The second kappa shape index (κ2) is 8.38. The second-order valence-corrected chi connectivity index (χ2v) is 5.49. The Balaban J connectivity index is 2.76. The summed E-state index contributed by atoms with van der Waals surface area (Å²) in [6, 6.07) is 2.44. The molecule has 0 amide bonds. The van der Waals surface area contributed by atoms with Crippen molar-refractivity contribution < 1.29 is 4.74 Å². The molecule has 0 saturated heterocycles. The lowest BCUT2D eigenvalue weighted by Crippen LogP contribution is -2.24. The average molecular weight is 268 g/mol. The van der Waals surface area contributed by atoms with Gasteiger partial charge in [-0.25, -0.2) is 0 Å². The molecule has 18 heavy (non-hydrogen) atoms. The minimum atomic E-state index is 0.185. The molecule has 0 saturated carbocycles. The van der Waals surface area contributed by atoms with Crippen molar-refractivity contribution >= 4 is 11.8 Å². The normalized spacial score (nSPS) is 12.7. The third kappa shape index (κ3) is 5.27. The zero-order chi connectivity index (χ0) is 13.4. The SMILES string of the molecule is CCCNC(CSC)c1cncc(OC(C)C)c1. The Labute approximate surface area is 115 Å². The van der Waals surface area contributed by atoms with Gasteiger partial charge in [0.2, 0.25) is 0 Å². The zero-order valence-electron chi connectivity index (χ0n) is 11.8. The van der Waals surface area contributed by atoms with Crippen molar-refractivity contribution in [1.29, 1.82) is 0 Å². The summed E-state index contributed by atoms with van der Waals surface area (Å²) in [5, 5.41) is 3.55. The van der Waals surface area contributed by atoms with Crippen molar-refractivity contribution in [3.05, 3.63) is 24.0 Å². The van der Waals surface area contributed by atoms with E-state index in [9.17, 15) is 0 Å². The van der Waals surface area contributed by atoms with Crippen LogP contribution in [0.5, 0.6) is 5.75 Å². The van der Waals surface area contributed by atoms with E-state index in [0.29, 0.717) is 6.04 Å². The molecule has 0 aliphatic carbocycles. The predicted molar refractivity (Wildman–Crippen MR) is 79.4 cm³/mol. The number of aromatic nitrogens is 1. The van der Waals surface area contributed by atoms with E-state index in [1.165, 1.54) is 5.56 Å². The van der Waals surface area contributed by atoms with Crippen molar-refractivity contribution in [3.8, 4) is 5.75 Å². The molecular formula is C14H24N2OS. The molecule has 1 aromatic heterocycles. The fourth-order valence-electron chi connectivity index (χ4n) is 1.72. The molecule has 0 fully saturated rings. The number of hydrogen-bond donors (Lipinski definition) is 1. The summed E-state index contributed by atoms with van der Waals surface area (Å²) >= 11 is 1.84. The van der Waals surface area contributed by atoms with Crippen LogP contribution < -0.4 is 10.1 Å². The molecule has 0 radical (unpaired) electrons. The van der Waals surface area contributed by atoms with Crippen LogP contribution in [0.25, 0.3) is 0 Å². The Kier molecular flexibility index (Phi) is 7.13. The molecular weight excluding hydrogens is 244 g/mol. The van der Waals surface area contributed by atoms with Crippen molar-refractivity contribution in [2.24, 2.45) is 0 Å². The summed E-state index contributed by atoms with van der Waals surface area (Å²) < 4.78 is 5.69. The Morgan fingerprint density at radius 3 is 2.78 bits per heavy atom. The van der Waals surface area contributed by atoms with Crippen LogP contribution in [0.2, 0.25) is 0 Å². The molecule has 0 aliphatic heterocycles. The summed E-state index contributed by atoms with van der Waals surface area (Å²) in [6.45, 7) is 7.27. The quantitative estimate of drug-likeness (QED) is 0.784. The highest BCUT2D eigenvalue weighted by Crippen LogP contribution is 2.21. The number of pyridine rings is 1. The van der Waals surface area contributed by atoms with Gasteiger partial charge >= 0.3 is 0 Å². The van der Waals surface area contributed by atoms with Gasteiger partial charge in [0.1, 0.15) is 5.75 Å². The maximum atomic E-state index is 5.69. The summed E-state index contributed by atoms with van der Waals surface area (Å²) in [5.74, 6) is 1.90. The highest BCUT2D eigenvalue weighted by molar-refractivity contribution is 7.98. The van der Waals surface area contributed by atoms with Gasteiger partial charge in [0.05, 0.1) is 12.3 Å². The van der Waals surface area contributed by atoms with Gasteiger partial charge in [0.15, 0.2) is 0 Å². The van der Waals surface area contributed by atoms with Crippen LogP contribution in [-0.2, 0) is 0 Å². The smallest absolute Gasteiger partial charge is 0.138 e. The van der Waals surface area contributed by atoms with E-state index < -0.39 is 0 Å². The van der Waals surface area contributed by atoms with Gasteiger partial charge in [-0.1, -0.05) is 6.92 Å². The number of hydrogen-bond acceptors (Lipinski definition) is 4. The molecule has 1 atom stereocenters. The standard InChI is InChI=1S/C14H24N2OS/c1-5-6-16-14(10-18-4)12-7-13(9-15-8-12)17-11(2)3/h7-9,11,14,16H,5-6,10H2,1-4H3. The van der Waals surface area contributed by atoms with Crippen molar-refractivity contribution in [2.75, 3.05) is 18.6 Å². The van der Waals surface area contributed by atoms with E-state index in [0.717, 1.165) is 24.5 Å². The van der Waals surface area contributed by atoms with Crippen LogP contribution in [-0.4, -0.2) is 29.6 Å². The van der Waals surface area contributed by atoms with Crippen LogP contribution in [0.15, 0.2) is 18.5 Å². The summed E-state index contributed by atoms with van der Waals surface area (Å²) in [4.78, 5) is 4.27. The van der Waals surface area contributed by atoms with E-state index in [1.54, 1.807) is 6.20 Å². The van der Waals surface area contributed by atoms with Gasteiger partial charge in [0.25, 0.3) is 0 Å². The van der Waals surface area contributed by atoms with Gasteiger partial charge in [-0.3, -0.25) is 4.98 Å². The molecule has 102 valence electrons. The van der Waals surface area contributed by atoms with Crippen molar-refractivity contribution in [3.63, 3.8) is 0 Å². The minimum absolute atomic E-state index is 0.185. The molecule has 1 rings (SSSR count). The molecule has 0 aliphatic rings. The molecule has 1 unspecified atom stereocenters. The van der Waals surface area contributed by atoms with Crippen molar-refractivity contribution in [1.82, 2.24) is 10.3 Å². The Hall–Kier alpha value is -0.740. The lowest BCUT2D eigenvalue weighted by Gasteiger charge is -2.18. The van der Waals surface area contributed by atoms with E-state index in [-0.39, 0.29) is 6.10 Å². The zero-order valence-corrected chi connectivity index (χ0v) is 12.6. The number of ether oxygens (including phenoxy) is 1. The van der Waals surface area contributed by atoms with Gasteiger partial charge in [-0.15, -0.1) is 0 Å². The first-order valence-corrected chi connectivity index (χ1v) is 7.90. The summed E-state index contributed by atoms with van der Waals surface area (Å²) in [7, 11) is 0. The highest BCUT2D eigenvalue weighted by atomic mass is 32.2. The molecule has 1 N–H and O–H groups in total. The highest BCUT2D eigenvalue weighted by Gasteiger charge is 2.11. The Morgan fingerprint density at radius 2 is 2.17 bits per heavy atom. The molecule has 1 aromatic rings. The molecule has 0 aromatic carbocycles. The molecule has 3 nitrogen and oxygen atoms in total. The maximum absolute atomic E-state index is 5.69. The second-order valence-electron chi connectivity index (χ2n) is 4.58. The monoisotopic (exact) mass is 268 g/mol. The van der Waals surface area contributed by atoms with Gasteiger partial charge < -0.3 is 10.1 Å². The van der Waals surface area contributed by atoms with E-state index in [2.05, 4.69) is 29.5 Å². The minimum Gasteiger partial charge on any atom is -0.489 e. The number of thioether (sulfide) groups is 1. The van der Waals surface area contributed by atoms with Crippen LogP contribution in [0.1, 0.15) is 38.8 Å². The number of nitrogens with zero attached hydrogens (tertiary/aromatic N) is 1. The third-order valence-electron chi connectivity index (χ3n) is 2.48. The largest absolute Gasteiger partial charge is 0.489 e. The maximum Gasteiger partial charge on any atom is 0.138 e. The topological polar surface area (TPSA) is 34.2 Å². The number of nitrogens with one attached hydrogen (secondary N) is 1. The fraction of sp³-hybridized carbons (Fsp3) is 0.643. The predicted octanol–water partition coefficient (Wildman–Crippen LogP) is 3.27.